The minimum absolute atomic E-state index is 0.159. The van der Waals surface area contributed by atoms with Crippen molar-refractivity contribution in [3.63, 3.8) is 0 Å². The fourth-order valence-electron chi connectivity index (χ4n) is 5.88. The van der Waals surface area contributed by atoms with Crippen molar-refractivity contribution >= 4 is 34.9 Å². The van der Waals surface area contributed by atoms with Gasteiger partial charge in [-0.25, -0.2) is 5.01 Å². The van der Waals surface area contributed by atoms with E-state index in [2.05, 4.69) is 5.10 Å². The lowest BCUT2D eigenvalue weighted by atomic mass is 9.86. The summed E-state index contributed by atoms with van der Waals surface area (Å²) in [5, 5.41) is 6.58. The highest BCUT2D eigenvalue weighted by molar-refractivity contribution is 6.45. The molecule has 0 radical (unpaired) electrons. The summed E-state index contributed by atoms with van der Waals surface area (Å²) in [4.78, 5) is 42.5. The van der Waals surface area contributed by atoms with Crippen LogP contribution in [-0.2, 0) is 20.9 Å². The number of rotatable bonds is 3. The summed E-state index contributed by atoms with van der Waals surface area (Å²) in [5.41, 5.74) is -0.779. The Kier molecular flexibility index (Phi) is 4.63. The van der Waals surface area contributed by atoms with Crippen LogP contribution in [0.25, 0.3) is 0 Å². The first-order valence-electron chi connectivity index (χ1n) is 11.1. The SMILES string of the molecule is CC1=NN(C(C)(C)C)C(=O)C12[C@@H](c1ccccc1Cl)C21CN(Cc2ccccc2)C(=O)C1=O. The lowest BCUT2D eigenvalue weighted by Gasteiger charge is -2.29. The van der Waals surface area contributed by atoms with Gasteiger partial charge in [0, 0.05) is 24.0 Å². The lowest BCUT2D eigenvalue weighted by Crippen LogP contribution is -2.44. The topological polar surface area (TPSA) is 70.1 Å². The van der Waals surface area contributed by atoms with Gasteiger partial charge in [0.15, 0.2) is 0 Å². The Hall–Kier alpha value is -2.99. The summed E-state index contributed by atoms with van der Waals surface area (Å²) in [5.74, 6) is -1.86. The molecule has 2 amide bonds. The number of ketones is 1. The normalized spacial score (nSPS) is 28.9. The Labute approximate surface area is 198 Å². The Morgan fingerprint density at radius 3 is 2.27 bits per heavy atom. The standard InChI is InChI=1S/C26H26ClN3O3/c1-16-26(23(33)30(28-16)24(2,3)4)20(18-12-8-9-13-19(18)27)25(26)15-29(22(32)21(25)31)14-17-10-6-5-7-11-17/h5-13,20H,14-15H2,1-4H3/t20-,25?,26?/m0/s1. The zero-order valence-corrected chi connectivity index (χ0v) is 19.9. The van der Waals surface area contributed by atoms with Gasteiger partial charge in [0.2, 0.25) is 5.78 Å². The van der Waals surface area contributed by atoms with Crippen LogP contribution in [0.2, 0.25) is 5.02 Å². The molecular weight excluding hydrogens is 438 g/mol. The molecule has 2 unspecified atom stereocenters. The van der Waals surface area contributed by atoms with E-state index in [1.54, 1.807) is 17.9 Å². The molecule has 2 aromatic carbocycles. The van der Waals surface area contributed by atoms with Gasteiger partial charge in [-0.15, -0.1) is 0 Å². The quantitative estimate of drug-likeness (QED) is 0.645. The van der Waals surface area contributed by atoms with E-state index in [-0.39, 0.29) is 12.5 Å². The third-order valence-electron chi connectivity index (χ3n) is 7.29. The van der Waals surface area contributed by atoms with Gasteiger partial charge < -0.3 is 4.90 Å². The minimum atomic E-state index is -1.21. The molecule has 0 aromatic heterocycles. The van der Waals surface area contributed by atoms with Crippen LogP contribution in [0.4, 0.5) is 0 Å². The van der Waals surface area contributed by atoms with E-state index < -0.39 is 34.0 Å². The highest BCUT2D eigenvalue weighted by Crippen LogP contribution is 2.79. The number of carbonyl (C=O) groups excluding carboxylic acids is 3. The van der Waals surface area contributed by atoms with Gasteiger partial charge in [0.25, 0.3) is 11.8 Å². The summed E-state index contributed by atoms with van der Waals surface area (Å²) in [7, 11) is 0. The van der Waals surface area contributed by atoms with Crippen LogP contribution in [0.15, 0.2) is 59.7 Å². The molecule has 170 valence electrons. The summed E-state index contributed by atoms with van der Waals surface area (Å²) in [6, 6.07) is 16.8. The highest BCUT2D eigenvalue weighted by Gasteiger charge is 2.90. The molecule has 7 heteroatoms. The number of amides is 2. The van der Waals surface area contributed by atoms with Crippen LogP contribution < -0.4 is 0 Å². The zero-order valence-electron chi connectivity index (χ0n) is 19.1. The van der Waals surface area contributed by atoms with Gasteiger partial charge in [-0.1, -0.05) is 60.1 Å². The highest BCUT2D eigenvalue weighted by atomic mass is 35.5. The number of benzene rings is 2. The van der Waals surface area contributed by atoms with Crippen molar-refractivity contribution in [3.8, 4) is 0 Å². The van der Waals surface area contributed by atoms with Crippen molar-refractivity contribution in [2.24, 2.45) is 15.9 Å². The van der Waals surface area contributed by atoms with Crippen LogP contribution in [-0.4, -0.2) is 45.3 Å². The number of carbonyl (C=O) groups is 3. The van der Waals surface area contributed by atoms with E-state index in [0.717, 1.165) is 5.56 Å². The van der Waals surface area contributed by atoms with Gasteiger partial charge >= 0.3 is 0 Å². The minimum Gasteiger partial charge on any atom is -0.331 e. The van der Waals surface area contributed by atoms with E-state index in [4.69, 9.17) is 11.6 Å². The molecule has 1 saturated heterocycles. The van der Waals surface area contributed by atoms with E-state index in [1.807, 2.05) is 69.3 Å². The van der Waals surface area contributed by atoms with E-state index in [9.17, 15) is 14.4 Å². The molecule has 33 heavy (non-hydrogen) atoms. The van der Waals surface area contributed by atoms with Crippen LogP contribution in [0.1, 0.15) is 44.7 Å². The maximum absolute atomic E-state index is 14.0. The third-order valence-corrected chi connectivity index (χ3v) is 7.64. The van der Waals surface area contributed by atoms with Crippen LogP contribution >= 0.6 is 11.6 Å². The van der Waals surface area contributed by atoms with Gasteiger partial charge in [0.05, 0.1) is 16.7 Å². The molecule has 6 nitrogen and oxygen atoms in total. The van der Waals surface area contributed by atoms with E-state index >= 15 is 0 Å². The first kappa shape index (κ1) is 21.8. The van der Waals surface area contributed by atoms with Crippen molar-refractivity contribution in [3.05, 3.63) is 70.7 Å². The Balaban J connectivity index is 1.64. The Morgan fingerprint density at radius 1 is 1.03 bits per heavy atom. The smallest absolute Gasteiger partial charge is 0.291 e. The molecule has 0 bridgehead atoms. The molecule has 2 aromatic rings. The van der Waals surface area contributed by atoms with Gasteiger partial charge in [0.1, 0.15) is 5.41 Å². The summed E-state index contributed by atoms with van der Waals surface area (Å²) >= 11 is 6.58. The molecule has 2 fully saturated rings. The largest absolute Gasteiger partial charge is 0.331 e. The maximum atomic E-state index is 14.0. The first-order chi connectivity index (χ1) is 15.6. The second kappa shape index (κ2) is 7.00. The zero-order chi connectivity index (χ0) is 23.8. The fraction of sp³-hybridized carbons (Fsp3) is 0.385. The average molecular weight is 464 g/mol. The Morgan fingerprint density at radius 2 is 1.67 bits per heavy atom. The second-order valence-corrected chi connectivity index (χ2v) is 10.6. The number of hydrogen-bond donors (Lipinski definition) is 0. The van der Waals surface area contributed by atoms with Crippen LogP contribution in [0.3, 0.4) is 0 Å². The molecule has 3 aliphatic rings. The number of Topliss-reactive ketones (excluding diaryl/α,β-unsaturated/α-hetero) is 1. The monoisotopic (exact) mass is 463 g/mol. The fourth-order valence-corrected chi connectivity index (χ4v) is 6.12. The predicted octanol–water partition coefficient (Wildman–Crippen LogP) is 4.04. The van der Waals surface area contributed by atoms with Gasteiger partial charge in [-0.05, 0) is 44.9 Å². The van der Waals surface area contributed by atoms with Gasteiger partial charge in [-0.3, -0.25) is 14.4 Å². The molecule has 2 aliphatic heterocycles. The molecule has 1 saturated carbocycles. The molecule has 5 rings (SSSR count). The maximum Gasteiger partial charge on any atom is 0.291 e. The molecule has 1 aliphatic carbocycles. The number of hydrogen-bond acceptors (Lipinski definition) is 4. The van der Waals surface area contributed by atoms with Gasteiger partial charge in [-0.2, -0.15) is 5.10 Å². The van der Waals surface area contributed by atoms with Crippen molar-refractivity contribution in [2.45, 2.75) is 45.7 Å². The predicted molar refractivity (Wildman–Crippen MR) is 126 cm³/mol. The molecular formula is C26H26ClN3O3. The summed E-state index contributed by atoms with van der Waals surface area (Å²) in [6.45, 7) is 7.98. The number of halogens is 1. The summed E-state index contributed by atoms with van der Waals surface area (Å²) in [6.07, 6.45) is 0. The molecule has 2 heterocycles. The van der Waals surface area contributed by atoms with Crippen molar-refractivity contribution in [1.29, 1.82) is 0 Å². The van der Waals surface area contributed by atoms with Crippen LogP contribution in [0.5, 0.6) is 0 Å². The molecule has 3 atom stereocenters. The number of fused-ring (bicyclic) bond motifs is 1. The molecule has 0 N–H and O–H groups in total. The van der Waals surface area contributed by atoms with Crippen molar-refractivity contribution < 1.29 is 14.4 Å². The number of likely N-dealkylation sites (tertiary alicyclic amines) is 1. The van der Waals surface area contributed by atoms with Crippen LogP contribution in [0, 0.1) is 10.8 Å². The Bertz CT molecular complexity index is 1220. The van der Waals surface area contributed by atoms with E-state index in [0.29, 0.717) is 22.8 Å². The second-order valence-electron chi connectivity index (χ2n) is 10.2. The average Bonchev–Trinajstić information content (AvgIpc) is 3.18. The third kappa shape index (κ3) is 2.73. The molecule has 2 spiro atoms. The van der Waals surface area contributed by atoms with Crippen molar-refractivity contribution in [1.82, 2.24) is 9.91 Å². The van der Waals surface area contributed by atoms with E-state index in [1.165, 1.54) is 5.01 Å². The first-order valence-corrected chi connectivity index (χ1v) is 11.5. The lowest BCUT2D eigenvalue weighted by molar-refractivity contribution is -0.143. The summed E-state index contributed by atoms with van der Waals surface area (Å²) < 4.78 is 0. The number of nitrogens with zero attached hydrogens (tertiary/aromatic N) is 3. The van der Waals surface area contributed by atoms with Crippen molar-refractivity contribution in [2.75, 3.05) is 6.54 Å². The number of hydrazone groups is 1.